The van der Waals surface area contributed by atoms with Crippen molar-refractivity contribution in [2.45, 2.75) is 19.9 Å². The predicted molar refractivity (Wildman–Crippen MR) is 73.5 cm³/mol. The van der Waals surface area contributed by atoms with Gasteiger partial charge in [0.2, 0.25) is 0 Å². The molecule has 0 spiro atoms. The molecule has 0 unspecified atom stereocenters. The molecule has 18 heavy (non-hydrogen) atoms. The van der Waals surface area contributed by atoms with Gasteiger partial charge in [-0.05, 0) is 38.1 Å². The minimum absolute atomic E-state index is 0.168. The van der Waals surface area contributed by atoms with E-state index >= 15 is 0 Å². The van der Waals surface area contributed by atoms with Crippen LogP contribution in [0.2, 0.25) is 0 Å². The van der Waals surface area contributed by atoms with E-state index in [2.05, 4.69) is 49.1 Å². The first-order valence-electron chi connectivity index (χ1n) is 6.33. The molecule has 0 amide bonds. The number of aryl methyl sites for hydroxylation is 1. The Balaban J connectivity index is 2.17. The number of quaternary nitrogens is 1. The highest BCUT2D eigenvalue weighted by Gasteiger charge is 2.12. The van der Waals surface area contributed by atoms with E-state index in [-0.39, 0.29) is 6.04 Å². The van der Waals surface area contributed by atoms with E-state index in [9.17, 15) is 0 Å². The van der Waals surface area contributed by atoms with Gasteiger partial charge in [0.15, 0.2) is 0 Å². The predicted octanol–water partition coefficient (Wildman–Crippen LogP) is 2.73. The average molecular weight is 242 g/mol. The Morgan fingerprint density at radius 1 is 0.944 bits per heavy atom. The minimum atomic E-state index is 0.168. The number of ether oxygens (including phenoxy) is 1. The number of rotatable bonds is 4. The largest absolute Gasteiger partial charge is 0.494 e. The smallest absolute Gasteiger partial charge is 0.136 e. The standard InChI is InChI=1S/C16H19NO/c1-3-18-15-10-8-14(9-11-15)16(17)13-6-4-12(2)5-7-13/h4-11,16H,3,17H2,1-2H3/p+1/t16-/m0/s1. The van der Waals surface area contributed by atoms with Crippen LogP contribution in [0.15, 0.2) is 48.5 Å². The summed E-state index contributed by atoms with van der Waals surface area (Å²) in [6.45, 7) is 4.79. The van der Waals surface area contributed by atoms with Gasteiger partial charge in [-0.1, -0.05) is 29.8 Å². The molecule has 0 aliphatic rings. The van der Waals surface area contributed by atoms with Crippen molar-refractivity contribution >= 4 is 0 Å². The molecule has 0 bridgehead atoms. The number of hydrogen-bond acceptors (Lipinski definition) is 1. The molecule has 0 aromatic heterocycles. The Kier molecular flexibility index (Phi) is 4.00. The average Bonchev–Trinajstić information content (AvgIpc) is 2.40. The van der Waals surface area contributed by atoms with Crippen molar-refractivity contribution in [1.29, 1.82) is 0 Å². The zero-order chi connectivity index (χ0) is 13.0. The molecule has 0 heterocycles. The summed E-state index contributed by atoms with van der Waals surface area (Å²) >= 11 is 0. The second kappa shape index (κ2) is 5.69. The van der Waals surface area contributed by atoms with Gasteiger partial charge in [-0.2, -0.15) is 0 Å². The van der Waals surface area contributed by atoms with Crippen LogP contribution < -0.4 is 10.5 Å². The van der Waals surface area contributed by atoms with E-state index in [1.807, 2.05) is 19.1 Å². The van der Waals surface area contributed by atoms with Crippen LogP contribution in [0.1, 0.15) is 29.7 Å². The zero-order valence-corrected chi connectivity index (χ0v) is 11.0. The van der Waals surface area contributed by atoms with Gasteiger partial charge in [-0.3, -0.25) is 0 Å². The Morgan fingerprint density at radius 3 is 1.94 bits per heavy atom. The maximum Gasteiger partial charge on any atom is 0.136 e. The Hall–Kier alpha value is -1.80. The lowest BCUT2D eigenvalue weighted by Crippen LogP contribution is -2.53. The lowest BCUT2D eigenvalue weighted by molar-refractivity contribution is -0.411. The fourth-order valence-corrected chi connectivity index (χ4v) is 1.95. The first-order chi connectivity index (χ1) is 8.70. The summed E-state index contributed by atoms with van der Waals surface area (Å²) in [5, 5.41) is 0. The van der Waals surface area contributed by atoms with Gasteiger partial charge in [0, 0.05) is 11.1 Å². The SMILES string of the molecule is CCOc1ccc([C@@H]([NH3+])c2ccc(C)cc2)cc1. The van der Waals surface area contributed by atoms with Crippen LogP contribution in [0.5, 0.6) is 5.75 Å². The van der Waals surface area contributed by atoms with Crippen molar-refractivity contribution < 1.29 is 10.5 Å². The first kappa shape index (κ1) is 12.7. The van der Waals surface area contributed by atoms with Crippen LogP contribution in [-0.4, -0.2) is 6.61 Å². The maximum absolute atomic E-state index is 5.44. The lowest BCUT2D eigenvalue weighted by atomic mass is 9.99. The van der Waals surface area contributed by atoms with Crippen LogP contribution in [0.4, 0.5) is 0 Å². The molecule has 1 atom stereocenters. The Morgan fingerprint density at radius 2 is 1.44 bits per heavy atom. The highest BCUT2D eigenvalue weighted by Crippen LogP contribution is 2.21. The van der Waals surface area contributed by atoms with E-state index in [0.717, 1.165) is 5.75 Å². The van der Waals surface area contributed by atoms with E-state index in [1.54, 1.807) is 0 Å². The molecule has 94 valence electrons. The molecule has 0 fully saturated rings. The third-order valence-corrected chi connectivity index (χ3v) is 3.07. The van der Waals surface area contributed by atoms with Crippen molar-refractivity contribution in [3.8, 4) is 5.75 Å². The molecule has 0 saturated carbocycles. The molecule has 2 nitrogen and oxygen atoms in total. The molecule has 3 N–H and O–H groups in total. The van der Waals surface area contributed by atoms with Gasteiger partial charge in [0.1, 0.15) is 11.8 Å². The van der Waals surface area contributed by atoms with Gasteiger partial charge >= 0.3 is 0 Å². The van der Waals surface area contributed by atoms with E-state index in [4.69, 9.17) is 4.74 Å². The van der Waals surface area contributed by atoms with E-state index < -0.39 is 0 Å². The molecule has 0 radical (unpaired) electrons. The third kappa shape index (κ3) is 2.90. The van der Waals surface area contributed by atoms with Crippen molar-refractivity contribution in [2.24, 2.45) is 0 Å². The van der Waals surface area contributed by atoms with Crippen molar-refractivity contribution in [2.75, 3.05) is 6.61 Å². The maximum atomic E-state index is 5.44. The lowest BCUT2D eigenvalue weighted by Gasteiger charge is -2.10. The van der Waals surface area contributed by atoms with Crippen LogP contribution >= 0.6 is 0 Å². The fraction of sp³-hybridized carbons (Fsp3) is 0.250. The summed E-state index contributed by atoms with van der Waals surface area (Å²) in [5.74, 6) is 0.914. The molecule has 2 rings (SSSR count). The summed E-state index contributed by atoms with van der Waals surface area (Å²) < 4.78 is 5.44. The van der Waals surface area contributed by atoms with Crippen molar-refractivity contribution in [1.82, 2.24) is 0 Å². The van der Waals surface area contributed by atoms with Gasteiger partial charge in [0.05, 0.1) is 6.61 Å². The molecule has 0 saturated heterocycles. The number of hydrogen-bond donors (Lipinski definition) is 1. The fourth-order valence-electron chi connectivity index (χ4n) is 1.95. The highest BCUT2D eigenvalue weighted by atomic mass is 16.5. The second-order valence-electron chi connectivity index (χ2n) is 4.47. The van der Waals surface area contributed by atoms with Gasteiger partial charge in [-0.25, -0.2) is 0 Å². The van der Waals surface area contributed by atoms with Crippen molar-refractivity contribution in [3.05, 3.63) is 65.2 Å². The van der Waals surface area contributed by atoms with Gasteiger partial charge in [-0.15, -0.1) is 0 Å². The summed E-state index contributed by atoms with van der Waals surface area (Å²) in [7, 11) is 0. The van der Waals surface area contributed by atoms with Crippen LogP contribution in [0.3, 0.4) is 0 Å². The van der Waals surface area contributed by atoms with E-state index in [0.29, 0.717) is 6.61 Å². The Labute approximate surface area is 108 Å². The summed E-state index contributed by atoms with van der Waals surface area (Å²) in [5.41, 5.74) is 7.97. The summed E-state index contributed by atoms with van der Waals surface area (Å²) in [4.78, 5) is 0. The van der Waals surface area contributed by atoms with Crippen LogP contribution in [-0.2, 0) is 0 Å². The van der Waals surface area contributed by atoms with Gasteiger partial charge in [0.25, 0.3) is 0 Å². The molecule has 2 aromatic rings. The van der Waals surface area contributed by atoms with Crippen LogP contribution in [0.25, 0.3) is 0 Å². The summed E-state index contributed by atoms with van der Waals surface area (Å²) in [6, 6.07) is 16.9. The molecular formula is C16H20NO+. The summed E-state index contributed by atoms with van der Waals surface area (Å²) in [6.07, 6.45) is 0. The molecule has 2 aromatic carbocycles. The molecular weight excluding hydrogens is 222 g/mol. The third-order valence-electron chi connectivity index (χ3n) is 3.07. The van der Waals surface area contributed by atoms with E-state index in [1.165, 1.54) is 16.7 Å². The second-order valence-corrected chi connectivity index (χ2v) is 4.47. The van der Waals surface area contributed by atoms with Crippen molar-refractivity contribution in [3.63, 3.8) is 0 Å². The van der Waals surface area contributed by atoms with Gasteiger partial charge < -0.3 is 10.5 Å². The monoisotopic (exact) mass is 242 g/mol. The zero-order valence-electron chi connectivity index (χ0n) is 11.0. The number of benzene rings is 2. The highest BCUT2D eigenvalue weighted by molar-refractivity contribution is 5.34. The molecule has 0 aliphatic carbocycles. The minimum Gasteiger partial charge on any atom is -0.494 e. The molecule has 2 heteroatoms. The quantitative estimate of drug-likeness (QED) is 0.879. The molecule has 0 aliphatic heterocycles. The Bertz CT molecular complexity index is 488. The van der Waals surface area contributed by atoms with Crippen LogP contribution in [0, 0.1) is 6.92 Å². The normalized spacial score (nSPS) is 12.2. The topological polar surface area (TPSA) is 36.9 Å². The first-order valence-corrected chi connectivity index (χ1v) is 6.33.